The summed E-state index contributed by atoms with van der Waals surface area (Å²) in [7, 11) is 0. The number of carbonyl (C=O) groups excluding carboxylic acids is 1. The average molecular weight is 244 g/mol. The van der Waals surface area contributed by atoms with E-state index in [0.29, 0.717) is 6.54 Å². The second-order valence-electron chi connectivity index (χ2n) is 5.41. The normalized spacial score (nSPS) is 26.9. The second kappa shape index (κ2) is 5.80. The molecule has 0 bridgehead atoms. The lowest BCUT2D eigenvalue weighted by molar-refractivity contribution is -0.125. The molecular weight excluding hydrogens is 220 g/mol. The molecule has 2 atom stereocenters. The molecule has 1 amide bonds. The number of rotatable bonds is 4. The molecule has 1 fully saturated rings. The summed E-state index contributed by atoms with van der Waals surface area (Å²) in [6.45, 7) is 10.1. The Morgan fingerprint density at radius 2 is 1.94 bits per heavy atom. The van der Waals surface area contributed by atoms with E-state index in [2.05, 4.69) is 37.9 Å². The number of carbonyl (C=O) groups is 1. The summed E-state index contributed by atoms with van der Waals surface area (Å²) >= 11 is 0. The highest BCUT2D eigenvalue weighted by Gasteiger charge is 2.33. The van der Waals surface area contributed by atoms with Crippen molar-refractivity contribution in [1.82, 2.24) is 10.2 Å². The van der Waals surface area contributed by atoms with Crippen LogP contribution in [0.4, 0.5) is 0 Å². The Labute approximate surface area is 103 Å². The molecular formula is C12H24N2O3. The van der Waals surface area contributed by atoms with E-state index in [0.717, 1.165) is 13.1 Å². The van der Waals surface area contributed by atoms with Gasteiger partial charge in [-0.05, 0) is 27.7 Å². The van der Waals surface area contributed by atoms with E-state index in [1.165, 1.54) is 0 Å². The Morgan fingerprint density at radius 3 is 2.41 bits per heavy atom. The molecule has 0 aromatic rings. The molecule has 1 saturated heterocycles. The molecule has 5 heteroatoms. The second-order valence-corrected chi connectivity index (χ2v) is 5.41. The predicted molar refractivity (Wildman–Crippen MR) is 65.8 cm³/mol. The quantitative estimate of drug-likeness (QED) is 0.730. The van der Waals surface area contributed by atoms with Crippen molar-refractivity contribution in [2.24, 2.45) is 0 Å². The number of nitrogens with zero attached hydrogens (tertiary/aromatic N) is 1. The highest BCUT2D eigenvalue weighted by molar-refractivity contribution is 5.76. The van der Waals surface area contributed by atoms with Crippen LogP contribution in [0.15, 0.2) is 0 Å². The number of nitrogens with one attached hydrogen (secondary N) is 1. The number of aliphatic hydroxyl groups is 1. The van der Waals surface area contributed by atoms with E-state index in [9.17, 15) is 4.79 Å². The van der Waals surface area contributed by atoms with Crippen molar-refractivity contribution in [3.05, 3.63) is 0 Å². The van der Waals surface area contributed by atoms with E-state index < -0.39 is 6.61 Å². The van der Waals surface area contributed by atoms with Gasteiger partial charge < -0.3 is 15.2 Å². The highest BCUT2D eigenvalue weighted by atomic mass is 16.5. The number of aliphatic hydroxyl groups excluding tert-OH is 1. The van der Waals surface area contributed by atoms with Gasteiger partial charge in [0.1, 0.15) is 6.61 Å². The molecule has 1 aliphatic rings. The van der Waals surface area contributed by atoms with E-state index in [1.807, 2.05) is 0 Å². The molecule has 100 valence electrons. The van der Waals surface area contributed by atoms with Crippen molar-refractivity contribution < 1.29 is 14.6 Å². The smallest absolute Gasteiger partial charge is 0.245 e. The van der Waals surface area contributed by atoms with Crippen LogP contribution in [-0.2, 0) is 9.53 Å². The number of amides is 1. The molecule has 0 aromatic heterocycles. The Balaban J connectivity index is 2.53. The van der Waals surface area contributed by atoms with Crippen molar-refractivity contribution in [2.75, 3.05) is 26.2 Å². The van der Waals surface area contributed by atoms with Gasteiger partial charge in [-0.2, -0.15) is 0 Å². The van der Waals surface area contributed by atoms with Crippen molar-refractivity contribution in [3.63, 3.8) is 0 Å². The Bertz CT molecular complexity index is 258. The zero-order chi connectivity index (χ0) is 13.1. The van der Waals surface area contributed by atoms with Crippen molar-refractivity contribution >= 4 is 5.91 Å². The third-order valence-corrected chi connectivity index (χ3v) is 3.14. The van der Waals surface area contributed by atoms with Crippen molar-refractivity contribution in [2.45, 2.75) is 45.4 Å². The van der Waals surface area contributed by atoms with E-state index in [1.54, 1.807) is 0 Å². The van der Waals surface area contributed by atoms with Gasteiger partial charge in [0.05, 0.1) is 12.2 Å². The standard InChI is InChI=1S/C12H24N2O3/c1-9-5-14(6-10(2)17-9)12(3,4)8-13-11(16)7-15/h9-10,15H,5-8H2,1-4H3,(H,13,16). The fourth-order valence-electron chi connectivity index (χ4n) is 2.15. The van der Waals surface area contributed by atoms with Gasteiger partial charge in [-0.15, -0.1) is 0 Å². The summed E-state index contributed by atoms with van der Waals surface area (Å²) in [4.78, 5) is 13.4. The summed E-state index contributed by atoms with van der Waals surface area (Å²) < 4.78 is 5.69. The Kier molecular flexibility index (Phi) is 4.91. The van der Waals surface area contributed by atoms with Gasteiger partial charge in [-0.1, -0.05) is 0 Å². The molecule has 2 N–H and O–H groups in total. The van der Waals surface area contributed by atoms with Gasteiger partial charge in [0, 0.05) is 25.2 Å². The zero-order valence-electron chi connectivity index (χ0n) is 11.2. The van der Waals surface area contributed by atoms with Crippen LogP contribution >= 0.6 is 0 Å². The third-order valence-electron chi connectivity index (χ3n) is 3.14. The first-order valence-corrected chi connectivity index (χ1v) is 6.13. The molecule has 1 aliphatic heterocycles. The monoisotopic (exact) mass is 244 g/mol. The van der Waals surface area contributed by atoms with E-state index in [4.69, 9.17) is 9.84 Å². The fourth-order valence-corrected chi connectivity index (χ4v) is 2.15. The van der Waals surface area contributed by atoms with Gasteiger partial charge in [-0.25, -0.2) is 0 Å². The van der Waals surface area contributed by atoms with Gasteiger partial charge >= 0.3 is 0 Å². The van der Waals surface area contributed by atoms with Crippen molar-refractivity contribution in [1.29, 1.82) is 0 Å². The van der Waals surface area contributed by atoms with E-state index in [-0.39, 0.29) is 23.7 Å². The topological polar surface area (TPSA) is 61.8 Å². The number of ether oxygens (including phenoxy) is 1. The molecule has 0 saturated carbocycles. The van der Waals surface area contributed by atoms with E-state index >= 15 is 0 Å². The fraction of sp³-hybridized carbons (Fsp3) is 0.917. The summed E-state index contributed by atoms with van der Waals surface area (Å²) in [5, 5.41) is 11.4. The minimum absolute atomic E-state index is 0.128. The molecule has 0 radical (unpaired) electrons. The summed E-state index contributed by atoms with van der Waals surface area (Å²) in [5.41, 5.74) is -0.128. The maximum Gasteiger partial charge on any atom is 0.245 e. The minimum atomic E-state index is -0.452. The molecule has 5 nitrogen and oxygen atoms in total. The lowest BCUT2D eigenvalue weighted by atomic mass is 10.00. The third kappa shape index (κ3) is 4.26. The minimum Gasteiger partial charge on any atom is -0.387 e. The molecule has 0 aromatic carbocycles. The lowest BCUT2D eigenvalue weighted by Gasteiger charge is -2.45. The van der Waals surface area contributed by atoms with Crippen LogP contribution in [0.25, 0.3) is 0 Å². The van der Waals surface area contributed by atoms with Crippen LogP contribution in [0, 0.1) is 0 Å². The van der Waals surface area contributed by atoms with Crippen LogP contribution in [-0.4, -0.2) is 59.9 Å². The van der Waals surface area contributed by atoms with Gasteiger partial charge in [0.25, 0.3) is 0 Å². The maximum atomic E-state index is 11.1. The maximum absolute atomic E-state index is 11.1. The first-order chi connectivity index (χ1) is 7.85. The Hall–Kier alpha value is -0.650. The summed E-state index contributed by atoms with van der Waals surface area (Å²) in [6, 6.07) is 0. The van der Waals surface area contributed by atoms with Crippen LogP contribution in [0.1, 0.15) is 27.7 Å². The molecule has 0 spiro atoms. The Morgan fingerprint density at radius 1 is 1.41 bits per heavy atom. The largest absolute Gasteiger partial charge is 0.387 e. The number of hydrogen-bond donors (Lipinski definition) is 2. The first-order valence-electron chi connectivity index (χ1n) is 6.13. The molecule has 1 heterocycles. The van der Waals surface area contributed by atoms with Crippen LogP contribution in [0.2, 0.25) is 0 Å². The van der Waals surface area contributed by atoms with Crippen LogP contribution in [0.5, 0.6) is 0 Å². The zero-order valence-corrected chi connectivity index (χ0v) is 11.2. The summed E-state index contributed by atoms with van der Waals surface area (Å²) in [6.07, 6.45) is 0.429. The molecule has 0 aliphatic carbocycles. The van der Waals surface area contributed by atoms with Gasteiger partial charge in [0.15, 0.2) is 0 Å². The van der Waals surface area contributed by atoms with Gasteiger partial charge in [-0.3, -0.25) is 9.69 Å². The van der Waals surface area contributed by atoms with Crippen LogP contribution in [0.3, 0.4) is 0 Å². The first kappa shape index (κ1) is 14.4. The number of morpholine rings is 1. The summed E-state index contributed by atoms with van der Waals surface area (Å²) in [5.74, 6) is -0.326. The van der Waals surface area contributed by atoms with Crippen molar-refractivity contribution in [3.8, 4) is 0 Å². The molecule has 2 unspecified atom stereocenters. The van der Waals surface area contributed by atoms with Gasteiger partial charge in [0.2, 0.25) is 5.91 Å². The predicted octanol–water partition coefficient (Wildman–Crippen LogP) is -0.0173. The average Bonchev–Trinajstić information content (AvgIpc) is 2.24. The molecule has 1 rings (SSSR count). The highest BCUT2D eigenvalue weighted by Crippen LogP contribution is 2.20. The van der Waals surface area contributed by atoms with Crippen LogP contribution < -0.4 is 5.32 Å². The number of hydrogen-bond acceptors (Lipinski definition) is 4. The molecule has 17 heavy (non-hydrogen) atoms. The SMILES string of the molecule is CC1CN(C(C)(C)CNC(=O)CO)CC(C)O1. The lowest BCUT2D eigenvalue weighted by Crippen LogP contribution is -2.58.